The van der Waals surface area contributed by atoms with Crippen molar-refractivity contribution in [2.75, 3.05) is 23.3 Å². The molecule has 0 spiro atoms. The van der Waals surface area contributed by atoms with Crippen LogP contribution in [-0.2, 0) is 4.79 Å². The second-order valence-electron chi connectivity index (χ2n) is 8.74. The van der Waals surface area contributed by atoms with Gasteiger partial charge in [-0.3, -0.25) is 9.89 Å². The number of piperidine rings is 1. The second kappa shape index (κ2) is 9.03. The van der Waals surface area contributed by atoms with Crippen LogP contribution >= 0.6 is 0 Å². The Bertz CT molecular complexity index is 1190. The summed E-state index contributed by atoms with van der Waals surface area (Å²) in [6.45, 7) is 3.53. The summed E-state index contributed by atoms with van der Waals surface area (Å²) in [7, 11) is 0. The van der Waals surface area contributed by atoms with Crippen molar-refractivity contribution in [1.29, 1.82) is 0 Å². The van der Waals surface area contributed by atoms with Gasteiger partial charge in [-0.25, -0.2) is 9.97 Å². The summed E-state index contributed by atoms with van der Waals surface area (Å²) >= 11 is 0. The van der Waals surface area contributed by atoms with Crippen LogP contribution in [0, 0.1) is 5.92 Å². The van der Waals surface area contributed by atoms with Crippen molar-refractivity contribution in [1.82, 2.24) is 20.2 Å². The van der Waals surface area contributed by atoms with Crippen LogP contribution in [0.1, 0.15) is 39.0 Å². The maximum atomic E-state index is 13.6. The highest BCUT2D eigenvalue weighted by atomic mass is 19.3. The van der Waals surface area contributed by atoms with Gasteiger partial charge in [0.25, 0.3) is 0 Å². The zero-order chi connectivity index (χ0) is 23.7. The average molecular weight is 472 g/mol. The number of carbonyl (C=O) groups excluding carboxylic acids is 1. The Morgan fingerprint density at radius 1 is 1.35 bits per heavy atom. The van der Waals surface area contributed by atoms with Crippen LogP contribution in [0.3, 0.4) is 0 Å². The number of anilines is 2. The molecule has 1 fully saturated rings. The Morgan fingerprint density at radius 3 is 3.09 bits per heavy atom. The standard InChI is InChI=1S/C23H26F2N6O3/c1-2-5-16(29-17-7-3-8-19-20(17)34-23(24,25)33-19)18(32)10-14-6-4-9-31(12-14)22-15-11-28-30-21(15)26-13-27-22/h3,7-8,11,13-14,16,29H,2,4-6,9-10,12H2,1H3,(H,26,27,28,30)/t14-,16+/m0/s1. The van der Waals surface area contributed by atoms with Crippen molar-refractivity contribution in [3.05, 3.63) is 30.7 Å². The van der Waals surface area contributed by atoms with Crippen LogP contribution < -0.4 is 19.7 Å². The molecule has 2 atom stereocenters. The minimum absolute atomic E-state index is 0.0453. The number of benzene rings is 1. The summed E-state index contributed by atoms with van der Waals surface area (Å²) in [5.74, 6) is 0.907. The Labute approximate surface area is 194 Å². The van der Waals surface area contributed by atoms with E-state index < -0.39 is 12.3 Å². The third kappa shape index (κ3) is 4.46. The molecule has 2 aliphatic rings. The summed E-state index contributed by atoms with van der Waals surface area (Å²) in [6, 6.07) is 4.12. The lowest BCUT2D eigenvalue weighted by Gasteiger charge is -2.34. The first-order valence-corrected chi connectivity index (χ1v) is 11.5. The fourth-order valence-electron chi connectivity index (χ4n) is 4.73. The molecule has 1 aromatic carbocycles. The number of Topliss-reactive ketones (excluding diaryl/α,β-unsaturated/α-hetero) is 1. The summed E-state index contributed by atoms with van der Waals surface area (Å²) < 4.78 is 36.3. The molecule has 1 saturated heterocycles. The van der Waals surface area contributed by atoms with Crippen molar-refractivity contribution in [3.8, 4) is 11.5 Å². The van der Waals surface area contributed by atoms with E-state index in [1.807, 2.05) is 6.92 Å². The van der Waals surface area contributed by atoms with Gasteiger partial charge in [-0.1, -0.05) is 19.4 Å². The van der Waals surface area contributed by atoms with Crippen molar-refractivity contribution in [2.45, 2.75) is 51.4 Å². The van der Waals surface area contributed by atoms with Crippen molar-refractivity contribution >= 4 is 28.3 Å². The minimum Gasteiger partial charge on any atom is -0.395 e. The first-order chi connectivity index (χ1) is 16.4. The number of aromatic amines is 1. The molecule has 0 bridgehead atoms. The highest BCUT2D eigenvalue weighted by Crippen LogP contribution is 2.46. The van der Waals surface area contributed by atoms with Gasteiger partial charge in [0.05, 0.1) is 23.3 Å². The third-order valence-corrected chi connectivity index (χ3v) is 6.26. The highest BCUT2D eigenvalue weighted by Gasteiger charge is 2.44. The number of para-hydroxylation sites is 1. The van der Waals surface area contributed by atoms with Gasteiger partial charge >= 0.3 is 6.29 Å². The molecule has 0 saturated carbocycles. The van der Waals surface area contributed by atoms with E-state index >= 15 is 0 Å². The SMILES string of the molecule is CCC[C@@H](Nc1cccc2c1OC(F)(F)O2)C(=O)C[C@@H]1CCCN(c2ncnc3[nH]ncc23)C1. The number of ketones is 1. The molecule has 0 radical (unpaired) electrons. The number of nitrogens with zero attached hydrogens (tertiary/aromatic N) is 4. The number of carbonyl (C=O) groups is 1. The van der Waals surface area contributed by atoms with Gasteiger partial charge in [-0.2, -0.15) is 5.10 Å². The zero-order valence-corrected chi connectivity index (χ0v) is 18.8. The maximum absolute atomic E-state index is 13.6. The fourth-order valence-corrected chi connectivity index (χ4v) is 4.73. The maximum Gasteiger partial charge on any atom is 0.586 e. The summed E-state index contributed by atoms with van der Waals surface area (Å²) in [5.41, 5.74) is 1.01. The summed E-state index contributed by atoms with van der Waals surface area (Å²) in [6.07, 6.45) is 3.13. The number of alkyl halides is 2. The second-order valence-corrected chi connectivity index (χ2v) is 8.74. The molecule has 0 amide bonds. The lowest BCUT2D eigenvalue weighted by molar-refractivity contribution is -0.286. The van der Waals surface area contributed by atoms with Crippen LogP contribution in [0.15, 0.2) is 30.7 Å². The monoisotopic (exact) mass is 472 g/mol. The van der Waals surface area contributed by atoms with Gasteiger partial charge < -0.3 is 19.7 Å². The van der Waals surface area contributed by atoms with E-state index in [1.165, 1.54) is 12.4 Å². The van der Waals surface area contributed by atoms with E-state index in [2.05, 4.69) is 39.9 Å². The molecular formula is C23H26F2N6O3. The Hall–Kier alpha value is -3.50. The van der Waals surface area contributed by atoms with E-state index in [-0.39, 0.29) is 23.2 Å². The number of H-pyrrole nitrogens is 1. The number of fused-ring (bicyclic) bond motifs is 2. The highest BCUT2D eigenvalue weighted by molar-refractivity contribution is 5.88. The molecule has 34 heavy (non-hydrogen) atoms. The molecule has 9 nitrogen and oxygen atoms in total. The lowest BCUT2D eigenvalue weighted by atomic mass is 9.89. The number of halogens is 2. The van der Waals surface area contributed by atoms with Crippen molar-refractivity contribution in [3.63, 3.8) is 0 Å². The quantitative estimate of drug-likeness (QED) is 0.504. The van der Waals surface area contributed by atoms with E-state index in [0.717, 1.165) is 37.0 Å². The third-order valence-electron chi connectivity index (χ3n) is 6.26. The number of hydrogen-bond acceptors (Lipinski definition) is 8. The number of aromatic nitrogens is 4. The van der Waals surface area contributed by atoms with E-state index in [9.17, 15) is 13.6 Å². The molecule has 11 heteroatoms. The molecule has 2 aliphatic heterocycles. The Kier molecular flexibility index (Phi) is 5.93. The molecule has 4 heterocycles. The summed E-state index contributed by atoms with van der Waals surface area (Å²) in [4.78, 5) is 24.1. The van der Waals surface area contributed by atoms with Gasteiger partial charge in [0.15, 0.2) is 22.9 Å². The normalized spacial score (nSPS) is 19.9. The van der Waals surface area contributed by atoms with Crippen molar-refractivity contribution < 1.29 is 23.0 Å². The predicted octanol–water partition coefficient (Wildman–Crippen LogP) is 4.13. The van der Waals surface area contributed by atoms with Crippen molar-refractivity contribution in [2.24, 2.45) is 5.92 Å². The number of nitrogens with one attached hydrogen (secondary N) is 2. The van der Waals surface area contributed by atoms with Crippen LogP contribution in [0.2, 0.25) is 0 Å². The van der Waals surface area contributed by atoms with Crippen LogP contribution in [0.4, 0.5) is 20.3 Å². The lowest BCUT2D eigenvalue weighted by Crippen LogP contribution is -2.39. The predicted molar refractivity (Wildman–Crippen MR) is 121 cm³/mol. The van der Waals surface area contributed by atoms with Gasteiger partial charge in [0.2, 0.25) is 0 Å². The van der Waals surface area contributed by atoms with E-state index in [4.69, 9.17) is 0 Å². The average Bonchev–Trinajstić information content (AvgIpc) is 3.42. The topological polar surface area (TPSA) is 105 Å². The number of ether oxygens (including phenoxy) is 2. The molecule has 5 rings (SSSR count). The Balaban J connectivity index is 1.28. The molecule has 2 N–H and O–H groups in total. The van der Waals surface area contributed by atoms with Gasteiger partial charge in [0.1, 0.15) is 12.1 Å². The molecule has 180 valence electrons. The van der Waals surface area contributed by atoms with Crippen LogP contribution in [-0.4, -0.2) is 51.4 Å². The van der Waals surface area contributed by atoms with Gasteiger partial charge in [-0.15, -0.1) is 8.78 Å². The number of hydrogen-bond donors (Lipinski definition) is 2. The first kappa shape index (κ1) is 22.3. The van der Waals surface area contributed by atoms with Gasteiger partial charge in [0, 0.05) is 19.5 Å². The largest absolute Gasteiger partial charge is 0.586 e. The fraction of sp³-hybridized carbons (Fsp3) is 0.478. The molecule has 0 unspecified atom stereocenters. The Morgan fingerprint density at radius 2 is 2.24 bits per heavy atom. The summed E-state index contributed by atoms with van der Waals surface area (Å²) in [5, 5.41) is 10.9. The first-order valence-electron chi connectivity index (χ1n) is 11.5. The molecule has 2 aromatic heterocycles. The molecule has 0 aliphatic carbocycles. The number of rotatable bonds is 8. The minimum atomic E-state index is -3.71. The smallest absolute Gasteiger partial charge is 0.395 e. The van der Waals surface area contributed by atoms with E-state index in [0.29, 0.717) is 30.7 Å². The van der Waals surface area contributed by atoms with Crippen LogP contribution in [0.5, 0.6) is 11.5 Å². The van der Waals surface area contributed by atoms with E-state index in [1.54, 1.807) is 18.3 Å². The zero-order valence-electron chi connectivity index (χ0n) is 18.8. The molecule has 3 aromatic rings. The molecular weight excluding hydrogens is 446 g/mol. The van der Waals surface area contributed by atoms with Gasteiger partial charge in [-0.05, 0) is 37.3 Å². The van der Waals surface area contributed by atoms with Crippen LogP contribution in [0.25, 0.3) is 11.0 Å².